The lowest BCUT2D eigenvalue weighted by Crippen LogP contribution is -2.35. The summed E-state index contributed by atoms with van der Waals surface area (Å²) in [5, 5.41) is 2.60. The predicted octanol–water partition coefficient (Wildman–Crippen LogP) is 0.900. The first-order valence-corrected chi connectivity index (χ1v) is 4.99. The van der Waals surface area contributed by atoms with E-state index >= 15 is 0 Å². The van der Waals surface area contributed by atoms with E-state index in [-0.39, 0.29) is 17.4 Å². The molecule has 1 aromatic rings. The van der Waals surface area contributed by atoms with Crippen LogP contribution in [-0.2, 0) is 9.53 Å². The van der Waals surface area contributed by atoms with Crippen molar-refractivity contribution in [2.75, 3.05) is 13.2 Å². The lowest BCUT2D eigenvalue weighted by molar-refractivity contribution is -0.123. The van der Waals surface area contributed by atoms with Gasteiger partial charge in [-0.05, 0) is 0 Å². The van der Waals surface area contributed by atoms with Gasteiger partial charge in [-0.15, -0.1) is 0 Å². The van der Waals surface area contributed by atoms with E-state index in [1.165, 1.54) is 6.08 Å². The third kappa shape index (κ3) is 2.28. The van der Waals surface area contributed by atoms with Gasteiger partial charge in [0.25, 0.3) is 5.91 Å². The van der Waals surface area contributed by atoms with Crippen LogP contribution in [-0.4, -0.2) is 24.8 Å². The van der Waals surface area contributed by atoms with Crippen molar-refractivity contribution >= 4 is 11.7 Å². The number of carbonyl (C=O) groups excluding carboxylic acids is 2. The van der Waals surface area contributed by atoms with E-state index in [0.717, 1.165) is 0 Å². The van der Waals surface area contributed by atoms with Gasteiger partial charge in [-0.2, -0.15) is 0 Å². The van der Waals surface area contributed by atoms with Crippen LogP contribution in [0.2, 0.25) is 0 Å². The van der Waals surface area contributed by atoms with Crippen LogP contribution in [0.15, 0.2) is 42.2 Å². The quantitative estimate of drug-likeness (QED) is 0.591. The minimum Gasteiger partial charge on any atom is -0.486 e. The van der Waals surface area contributed by atoms with Crippen LogP contribution in [0.1, 0.15) is 10.4 Å². The molecule has 0 unspecified atom stereocenters. The van der Waals surface area contributed by atoms with Gasteiger partial charge >= 0.3 is 0 Å². The summed E-state index contributed by atoms with van der Waals surface area (Å²) in [6, 6.07) is 8.76. The molecule has 1 heterocycles. The average molecular weight is 217 g/mol. The predicted molar refractivity (Wildman–Crippen MR) is 57.8 cm³/mol. The molecule has 1 saturated heterocycles. The maximum absolute atomic E-state index is 11.7. The lowest BCUT2D eigenvalue weighted by atomic mass is 10.1. The van der Waals surface area contributed by atoms with Crippen LogP contribution in [0.4, 0.5) is 0 Å². The highest BCUT2D eigenvalue weighted by Crippen LogP contribution is 2.07. The third-order valence-corrected chi connectivity index (χ3v) is 2.19. The zero-order valence-corrected chi connectivity index (χ0v) is 8.60. The van der Waals surface area contributed by atoms with E-state index in [9.17, 15) is 9.59 Å². The fourth-order valence-corrected chi connectivity index (χ4v) is 1.39. The van der Waals surface area contributed by atoms with E-state index in [1.54, 1.807) is 24.3 Å². The Labute approximate surface area is 92.9 Å². The number of carbonyl (C=O) groups is 2. The van der Waals surface area contributed by atoms with Gasteiger partial charge in [0.2, 0.25) is 0 Å². The zero-order valence-electron chi connectivity index (χ0n) is 8.60. The van der Waals surface area contributed by atoms with Crippen molar-refractivity contribution in [3.05, 3.63) is 47.7 Å². The second-order valence-corrected chi connectivity index (χ2v) is 3.34. The summed E-state index contributed by atoms with van der Waals surface area (Å²) in [4.78, 5) is 23.0. The van der Waals surface area contributed by atoms with Crippen molar-refractivity contribution < 1.29 is 14.3 Å². The lowest BCUT2D eigenvalue weighted by Gasteiger charge is -2.15. The topological polar surface area (TPSA) is 55.4 Å². The fourth-order valence-electron chi connectivity index (χ4n) is 1.39. The standard InChI is InChI=1S/C12H11NO3/c14-10(9-4-2-1-3-5-9)8-11-12(15)13-6-7-16-11/h1-5,8H,6-7H2,(H,13,15). The summed E-state index contributed by atoms with van der Waals surface area (Å²) in [6.45, 7) is 0.884. The Kier molecular flexibility index (Phi) is 3.00. The summed E-state index contributed by atoms with van der Waals surface area (Å²) in [5.74, 6) is -0.483. The van der Waals surface area contributed by atoms with Gasteiger partial charge in [-0.1, -0.05) is 30.3 Å². The molecule has 0 spiro atoms. The van der Waals surface area contributed by atoms with Gasteiger partial charge in [0, 0.05) is 11.6 Å². The Balaban J connectivity index is 2.17. The van der Waals surface area contributed by atoms with Crippen LogP contribution in [0.5, 0.6) is 0 Å². The molecule has 1 aliphatic heterocycles. The molecule has 2 rings (SSSR count). The summed E-state index contributed by atoms with van der Waals surface area (Å²) < 4.78 is 5.11. The van der Waals surface area contributed by atoms with Crippen LogP contribution in [0, 0.1) is 0 Å². The molecule has 0 aromatic heterocycles. The van der Waals surface area contributed by atoms with Gasteiger partial charge in [-0.3, -0.25) is 9.59 Å². The Morgan fingerprint density at radius 3 is 2.75 bits per heavy atom. The number of nitrogens with one attached hydrogen (secondary N) is 1. The van der Waals surface area contributed by atoms with Crippen LogP contribution < -0.4 is 5.32 Å². The van der Waals surface area contributed by atoms with Gasteiger partial charge in [-0.25, -0.2) is 0 Å². The number of allylic oxidation sites excluding steroid dienone is 1. The first-order valence-electron chi connectivity index (χ1n) is 4.99. The number of ether oxygens (including phenoxy) is 1. The zero-order chi connectivity index (χ0) is 11.4. The largest absolute Gasteiger partial charge is 0.486 e. The molecule has 0 saturated carbocycles. The Morgan fingerprint density at radius 2 is 2.06 bits per heavy atom. The van der Waals surface area contributed by atoms with Crippen molar-refractivity contribution in [3.63, 3.8) is 0 Å². The van der Waals surface area contributed by atoms with E-state index in [4.69, 9.17) is 4.74 Å². The fraction of sp³-hybridized carbons (Fsp3) is 0.167. The monoisotopic (exact) mass is 217 g/mol. The number of rotatable bonds is 2. The van der Waals surface area contributed by atoms with Crippen LogP contribution in [0.3, 0.4) is 0 Å². The van der Waals surface area contributed by atoms with Crippen molar-refractivity contribution in [2.24, 2.45) is 0 Å². The number of hydrogen-bond acceptors (Lipinski definition) is 3. The molecule has 1 N–H and O–H groups in total. The first-order chi connectivity index (χ1) is 7.77. The van der Waals surface area contributed by atoms with Gasteiger partial charge in [0.05, 0.1) is 6.54 Å². The van der Waals surface area contributed by atoms with Gasteiger partial charge in [0.15, 0.2) is 11.5 Å². The Hall–Kier alpha value is -2.10. The van der Waals surface area contributed by atoms with E-state index in [0.29, 0.717) is 18.7 Å². The molecule has 4 nitrogen and oxygen atoms in total. The number of amides is 1. The first kappa shape index (κ1) is 10.4. The van der Waals surface area contributed by atoms with Gasteiger partial charge < -0.3 is 10.1 Å². The minimum atomic E-state index is -0.337. The molecule has 0 atom stereocenters. The molecule has 4 heteroatoms. The maximum atomic E-state index is 11.7. The van der Waals surface area contributed by atoms with E-state index in [1.807, 2.05) is 6.07 Å². The molecular formula is C12H11NO3. The molecule has 16 heavy (non-hydrogen) atoms. The SMILES string of the molecule is O=C1NCCOC1=CC(=O)c1ccccc1. The summed E-state index contributed by atoms with van der Waals surface area (Å²) in [5.41, 5.74) is 0.539. The summed E-state index contributed by atoms with van der Waals surface area (Å²) >= 11 is 0. The molecule has 1 amide bonds. The molecule has 1 aliphatic rings. The second-order valence-electron chi connectivity index (χ2n) is 3.34. The highest BCUT2D eigenvalue weighted by atomic mass is 16.5. The van der Waals surface area contributed by atoms with Crippen LogP contribution in [0.25, 0.3) is 0 Å². The highest BCUT2D eigenvalue weighted by molar-refractivity contribution is 6.08. The van der Waals surface area contributed by atoms with Crippen molar-refractivity contribution in [1.82, 2.24) is 5.32 Å². The van der Waals surface area contributed by atoms with Crippen molar-refractivity contribution in [2.45, 2.75) is 0 Å². The molecule has 1 aromatic carbocycles. The molecule has 1 fully saturated rings. The second kappa shape index (κ2) is 4.61. The highest BCUT2D eigenvalue weighted by Gasteiger charge is 2.17. The van der Waals surface area contributed by atoms with Crippen molar-refractivity contribution in [3.8, 4) is 0 Å². The normalized spacial score (nSPS) is 17.8. The molecule has 0 aliphatic carbocycles. The molecule has 0 radical (unpaired) electrons. The molecule has 82 valence electrons. The van der Waals surface area contributed by atoms with E-state index < -0.39 is 0 Å². The number of ketones is 1. The summed E-state index contributed by atoms with van der Waals surface area (Å²) in [7, 11) is 0. The number of hydrogen-bond donors (Lipinski definition) is 1. The minimum absolute atomic E-state index is 0.0834. The smallest absolute Gasteiger partial charge is 0.286 e. The summed E-state index contributed by atoms with van der Waals surface area (Å²) in [6.07, 6.45) is 1.23. The van der Waals surface area contributed by atoms with E-state index in [2.05, 4.69) is 5.32 Å². The van der Waals surface area contributed by atoms with Crippen LogP contribution >= 0.6 is 0 Å². The van der Waals surface area contributed by atoms with Crippen molar-refractivity contribution in [1.29, 1.82) is 0 Å². The number of benzene rings is 1. The maximum Gasteiger partial charge on any atom is 0.286 e. The Bertz CT molecular complexity index is 437. The Morgan fingerprint density at radius 1 is 1.31 bits per heavy atom. The third-order valence-electron chi connectivity index (χ3n) is 2.19. The molecular weight excluding hydrogens is 206 g/mol. The molecule has 0 bridgehead atoms. The van der Waals surface area contributed by atoms with Gasteiger partial charge in [0.1, 0.15) is 6.61 Å². The average Bonchev–Trinajstić information content (AvgIpc) is 2.33. The number of morpholine rings is 1.